The summed E-state index contributed by atoms with van der Waals surface area (Å²) in [4.78, 5) is 41.4. The fourth-order valence-corrected chi connectivity index (χ4v) is 4.61. The summed E-state index contributed by atoms with van der Waals surface area (Å²) in [6.07, 6.45) is 6.79. The van der Waals surface area contributed by atoms with Crippen molar-refractivity contribution in [3.8, 4) is 22.6 Å². The van der Waals surface area contributed by atoms with Gasteiger partial charge in [-0.05, 0) is 119 Å². The van der Waals surface area contributed by atoms with E-state index < -0.39 is 0 Å². The molecule has 10 heteroatoms. The number of pyridine rings is 2. The molecular formula is C40H32N6O4. The van der Waals surface area contributed by atoms with Crippen LogP contribution < -0.4 is 20.1 Å². The normalized spacial score (nSPS) is 11.0. The minimum absolute atomic E-state index is 0.115. The number of hydrogen-bond acceptors (Lipinski definition) is 8. The number of anilines is 2. The Morgan fingerprint density at radius 2 is 0.920 bits per heavy atom. The molecule has 0 aliphatic heterocycles. The predicted molar refractivity (Wildman–Crippen MR) is 196 cm³/mol. The lowest BCUT2D eigenvalue weighted by molar-refractivity contribution is -0.118. The maximum atomic E-state index is 12.1. The van der Waals surface area contributed by atoms with Gasteiger partial charge in [-0.15, -0.1) is 0 Å². The lowest BCUT2D eigenvalue weighted by Crippen LogP contribution is -2.20. The number of carbonyl (C=O) groups excluding carboxylic acids is 2. The molecule has 0 spiro atoms. The van der Waals surface area contributed by atoms with E-state index in [9.17, 15) is 9.59 Å². The second kappa shape index (κ2) is 16.8. The van der Waals surface area contributed by atoms with Gasteiger partial charge in [-0.25, -0.2) is 9.97 Å². The third-order valence-electron chi connectivity index (χ3n) is 7.16. The van der Waals surface area contributed by atoms with Crippen molar-refractivity contribution >= 4 is 47.3 Å². The second-order valence-corrected chi connectivity index (χ2v) is 10.9. The van der Waals surface area contributed by atoms with E-state index in [-0.39, 0.29) is 25.0 Å². The predicted octanol–water partition coefficient (Wildman–Crippen LogP) is 7.68. The molecule has 2 heterocycles. The topological polar surface area (TPSA) is 127 Å². The van der Waals surface area contributed by atoms with Crippen molar-refractivity contribution in [2.75, 3.05) is 23.8 Å². The lowest BCUT2D eigenvalue weighted by Gasteiger charge is -2.07. The average Bonchev–Trinajstić information content (AvgIpc) is 3.17. The van der Waals surface area contributed by atoms with Gasteiger partial charge < -0.3 is 20.1 Å². The van der Waals surface area contributed by atoms with E-state index in [1.165, 1.54) is 0 Å². The summed E-state index contributed by atoms with van der Waals surface area (Å²) in [5.74, 6) is 1.57. The van der Waals surface area contributed by atoms with Gasteiger partial charge in [0, 0.05) is 24.8 Å². The smallest absolute Gasteiger partial charge is 0.263 e. The first-order valence-electron chi connectivity index (χ1n) is 15.7. The molecule has 2 aromatic heterocycles. The molecule has 0 saturated carbocycles. The van der Waals surface area contributed by atoms with E-state index in [2.05, 4.69) is 30.6 Å². The van der Waals surface area contributed by atoms with Crippen LogP contribution in [-0.4, -0.2) is 47.4 Å². The summed E-state index contributed by atoms with van der Waals surface area (Å²) in [6, 6.07) is 41.3. The van der Waals surface area contributed by atoms with Gasteiger partial charge in [0.05, 0.1) is 11.4 Å². The number of aliphatic imine (C=N–C) groups is 2. The fraction of sp³-hybridized carbons (Fsp3) is 0.0500. The van der Waals surface area contributed by atoms with E-state index in [0.29, 0.717) is 23.1 Å². The zero-order chi connectivity index (χ0) is 34.4. The highest BCUT2D eigenvalue weighted by Crippen LogP contribution is 2.25. The highest BCUT2D eigenvalue weighted by atomic mass is 16.5. The van der Waals surface area contributed by atoms with Crippen molar-refractivity contribution in [3.05, 3.63) is 157 Å². The third-order valence-corrected chi connectivity index (χ3v) is 7.16. The lowest BCUT2D eigenvalue weighted by atomic mass is 10.1. The van der Waals surface area contributed by atoms with Gasteiger partial charge in [-0.2, -0.15) is 0 Å². The number of carbonyl (C=O) groups is 2. The van der Waals surface area contributed by atoms with Gasteiger partial charge in [0.2, 0.25) is 0 Å². The Morgan fingerprint density at radius 1 is 0.520 bits per heavy atom. The van der Waals surface area contributed by atoms with Crippen molar-refractivity contribution in [2.24, 2.45) is 9.98 Å². The quantitative estimate of drug-likeness (QED) is 0.122. The zero-order valence-electron chi connectivity index (χ0n) is 26.8. The zero-order valence-corrected chi connectivity index (χ0v) is 26.8. The molecule has 2 N–H and O–H groups in total. The maximum absolute atomic E-state index is 12.1. The summed E-state index contributed by atoms with van der Waals surface area (Å²) in [5.41, 5.74) is 5.59. The highest BCUT2D eigenvalue weighted by molar-refractivity contribution is 5.91. The Bertz CT molecular complexity index is 1900. The van der Waals surface area contributed by atoms with Crippen LogP contribution in [0.4, 0.5) is 23.0 Å². The number of hydrogen-bond donors (Lipinski definition) is 2. The Balaban J connectivity index is 0.947. The first kappa shape index (κ1) is 33.0. The van der Waals surface area contributed by atoms with Crippen molar-refractivity contribution < 1.29 is 19.1 Å². The van der Waals surface area contributed by atoms with Crippen LogP contribution in [0.15, 0.2) is 156 Å². The molecule has 0 aliphatic rings. The van der Waals surface area contributed by atoms with Crippen LogP contribution >= 0.6 is 0 Å². The van der Waals surface area contributed by atoms with Crippen LogP contribution in [0.3, 0.4) is 0 Å². The monoisotopic (exact) mass is 660 g/mol. The molecule has 0 atom stereocenters. The number of ether oxygens (including phenoxy) is 2. The van der Waals surface area contributed by atoms with Crippen LogP contribution in [-0.2, 0) is 9.59 Å². The number of nitrogens with zero attached hydrogens (tertiary/aromatic N) is 4. The molecule has 0 saturated heterocycles. The van der Waals surface area contributed by atoms with Crippen LogP contribution in [0.5, 0.6) is 11.5 Å². The molecule has 0 aliphatic carbocycles. The number of amides is 2. The molecule has 10 nitrogen and oxygen atoms in total. The number of nitrogens with one attached hydrogen (secondary N) is 2. The van der Waals surface area contributed by atoms with E-state index >= 15 is 0 Å². The number of rotatable bonds is 13. The second-order valence-electron chi connectivity index (χ2n) is 10.9. The summed E-state index contributed by atoms with van der Waals surface area (Å²) < 4.78 is 11.2. The summed E-state index contributed by atoms with van der Waals surface area (Å²) in [5, 5.41) is 5.37. The average molecular weight is 661 g/mol. The van der Waals surface area contributed by atoms with E-state index in [0.717, 1.165) is 33.6 Å². The summed E-state index contributed by atoms with van der Waals surface area (Å²) in [6.45, 7) is -0.229. The molecule has 0 fully saturated rings. The van der Waals surface area contributed by atoms with Crippen LogP contribution in [0, 0.1) is 0 Å². The molecule has 2 amide bonds. The van der Waals surface area contributed by atoms with Gasteiger partial charge in [0.25, 0.3) is 11.8 Å². The van der Waals surface area contributed by atoms with Crippen molar-refractivity contribution in [3.63, 3.8) is 0 Å². The Labute approximate surface area is 289 Å². The molecule has 0 unspecified atom stereocenters. The SMILES string of the molecule is O=C(COc1ccc(C=Nc2ccc(-c3ccc(N=Cc4ccc(OCC(=O)Nc5ccccn5)cc4)cc3)cc2)cc1)Nc1ccccn1. The van der Waals surface area contributed by atoms with E-state index in [1.54, 1.807) is 85.5 Å². The highest BCUT2D eigenvalue weighted by Gasteiger charge is 2.06. The minimum Gasteiger partial charge on any atom is -0.484 e. The van der Waals surface area contributed by atoms with Crippen molar-refractivity contribution in [2.45, 2.75) is 0 Å². The molecule has 6 aromatic rings. The molecule has 246 valence electrons. The fourth-order valence-electron chi connectivity index (χ4n) is 4.61. The molecule has 0 radical (unpaired) electrons. The van der Waals surface area contributed by atoms with Gasteiger partial charge in [-0.3, -0.25) is 19.6 Å². The molecule has 0 bridgehead atoms. The van der Waals surface area contributed by atoms with Crippen molar-refractivity contribution in [1.29, 1.82) is 0 Å². The summed E-state index contributed by atoms with van der Waals surface area (Å²) in [7, 11) is 0. The first-order valence-corrected chi connectivity index (χ1v) is 15.7. The Morgan fingerprint density at radius 3 is 1.28 bits per heavy atom. The van der Waals surface area contributed by atoms with Crippen LogP contribution in [0.25, 0.3) is 11.1 Å². The van der Waals surface area contributed by atoms with Gasteiger partial charge in [-0.1, -0.05) is 36.4 Å². The minimum atomic E-state index is -0.282. The Hall–Kier alpha value is -6.94. The Kier molecular flexibility index (Phi) is 11.0. The van der Waals surface area contributed by atoms with Gasteiger partial charge in [0.15, 0.2) is 13.2 Å². The van der Waals surface area contributed by atoms with Gasteiger partial charge >= 0.3 is 0 Å². The molecule has 4 aromatic carbocycles. The van der Waals surface area contributed by atoms with Crippen LogP contribution in [0.1, 0.15) is 11.1 Å². The van der Waals surface area contributed by atoms with Gasteiger partial charge in [0.1, 0.15) is 23.1 Å². The summed E-state index contributed by atoms with van der Waals surface area (Å²) >= 11 is 0. The largest absolute Gasteiger partial charge is 0.484 e. The first-order chi connectivity index (χ1) is 24.6. The maximum Gasteiger partial charge on any atom is 0.263 e. The van der Waals surface area contributed by atoms with Crippen LogP contribution in [0.2, 0.25) is 0 Å². The number of benzene rings is 4. The number of aromatic nitrogens is 2. The molecular weight excluding hydrogens is 628 g/mol. The van der Waals surface area contributed by atoms with E-state index in [1.807, 2.05) is 72.8 Å². The molecule has 6 rings (SSSR count). The third kappa shape index (κ3) is 10.0. The van der Waals surface area contributed by atoms with Crippen molar-refractivity contribution in [1.82, 2.24) is 9.97 Å². The standard InChI is InChI=1S/C40H32N6O4/c47-39(45-37-5-1-3-23-41-37)27-49-35-19-7-29(8-20-35)25-43-33-15-11-31(12-16-33)32-13-17-34(18-14-32)44-26-30-9-21-36(22-10-30)50-28-40(48)46-38-6-2-4-24-42-38/h1-26H,27-28H2,(H,41,45,47)(H,42,46,48). The molecule has 50 heavy (non-hydrogen) atoms. The van der Waals surface area contributed by atoms with E-state index in [4.69, 9.17) is 9.47 Å².